The van der Waals surface area contributed by atoms with Gasteiger partial charge in [0.05, 0.1) is 11.0 Å². The van der Waals surface area contributed by atoms with Gasteiger partial charge in [-0.15, -0.1) is 0 Å². The van der Waals surface area contributed by atoms with Crippen molar-refractivity contribution >= 4 is 17.3 Å². The minimum absolute atomic E-state index is 0.113. The van der Waals surface area contributed by atoms with Crippen molar-refractivity contribution in [3.05, 3.63) is 33.9 Å². The summed E-state index contributed by atoms with van der Waals surface area (Å²) in [4.78, 5) is 22.3. The highest BCUT2D eigenvalue weighted by Gasteiger charge is 2.24. The third kappa shape index (κ3) is 3.52. The number of nitro groups is 1. The molecular weight excluding hydrogens is 246 g/mol. The standard InChI is InChI=1S/C13H15N3O3/c1-8(2)10(7-14)13(17)15-11-5-4-9(3)6-12(11)16(18)19/h4-6,8,10H,1-3H3,(H,15,17). The van der Waals surface area contributed by atoms with Crippen molar-refractivity contribution in [3.8, 4) is 6.07 Å². The number of benzene rings is 1. The molecule has 19 heavy (non-hydrogen) atoms. The van der Waals surface area contributed by atoms with E-state index >= 15 is 0 Å². The fraction of sp³-hybridized carbons (Fsp3) is 0.385. The van der Waals surface area contributed by atoms with Crippen LogP contribution in [0.4, 0.5) is 11.4 Å². The van der Waals surface area contributed by atoms with E-state index in [2.05, 4.69) is 5.32 Å². The lowest BCUT2D eigenvalue weighted by Gasteiger charge is -2.13. The Hall–Kier alpha value is -2.42. The van der Waals surface area contributed by atoms with Gasteiger partial charge in [-0.25, -0.2) is 0 Å². The molecule has 1 amide bonds. The fourth-order valence-corrected chi connectivity index (χ4v) is 1.62. The van der Waals surface area contributed by atoms with Crippen molar-refractivity contribution in [1.29, 1.82) is 5.26 Å². The number of amides is 1. The maximum absolute atomic E-state index is 11.9. The minimum Gasteiger partial charge on any atom is -0.319 e. The minimum atomic E-state index is -0.832. The van der Waals surface area contributed by atoms with Crippen LogP contribution in [0.2, 0.25) is 0 Å². The maximum atomic E-state index is 11.9. The molecule has 0 aliphatic carbocycles. The smallest absolute Gasteiger partial charge is 0.293 e. The molecule has 1 atom stereocenters. The molecule has 0 saturated heterocycles. The summed E-state index contributed by atoms with van der Waals surface area (Å²) in [6, 6.07) is 6.42. The molecule has 0 heterocycles. The van der Waals surface area contributed by atoms with Gasteiger partial charge < -0.3 is 5.32 Å². The Morgan fingerprint density at radius 3 is 2.58 bits per heavy atom. The first-order valence-corrected chi connectivity index (χ1v) is 5.82. The first-order valence-electron chi connectivity index (χ1n) is 5.82. The van der Waals surface area contributed by atoms with Gasteiger partial charge in [-0.2, -0.15) is 5.26 Å². The highest BCUT2D eigenvalue weighted by atomic mass is 16.6. The number of nitriles is 1. The molecule has 0 spiro atoms. The number of nitrogens with zero attached hydrogens (tertiary/aromatic N) is 2. The summed E-state index contributed by atoms with van der Waals surface area (Å²) in [7, 11) is 0. The van der Waals surface area contributed by atoms with Gasteiger partial charge in [0.2, 0.25) is 5.91 Å². The van der Waals surface area contributed by atoms with Crippen LogP contribution in [0.3, 0.4) is 0 Å². The Labute approximate surface area is 111 Å². The molecule has 1 aromatic rings. The third-order valence-electron chi connectivity index (χ3n) is 2.70. The first kappa shape index (κ1) is 14.6. The number of nitro benzene ring substituents is 1. The van der Waals surface area contributed by atoms with Crippen molar-refractivity contribution < 1.29 is 9.72 Å². The molecule has 0 aromatic heterocycles. The summed E-state index contributed by atoms with van der Waals surface area (Å²) in [6.45, 7) is 5.22. The maximum Gasteiger partial charge on any atom is 0.293 e. The molecule has 0 radical (unpaired) electrons. The lowest BCUT2D eigenvalue weighted by Crippen LogP contribution is -2.26. The van der Waals surface area contributed by atoms with Crippen molar-refractivity contribution in [1.82, 2.24) is 0 Å². The van der Waals surface area contributed by atoms with E-state index in [-0.39, 0.29) is 17.3 Å². The van der Waals surface area contributed by atoms with Gasteiger partial charge in [0.15, 0.2) is 0 Å². The second kappa shape index (κ2) is 5.96. The molecule has 0 aliphatic heterocycles. The van der Waals surface area contributed by atoms with E-state index in [1.165, 1.54) is 12.1 Å². The molecule has 6 nitrogen and oxygen atoms in total. The molecular formula is C13H15N3O3. The van der Waals surface area contributed by atoms with Crippen LogP contribution in [0, 0.1) is 40.2 Å². The Bertz CT molecular complexity index is 547. The van der Waals surface area contributed by atoms with Crippen molar-refractivity contribution in [2.24, 2.45) is 11.8 Å². The van der Waals surface area contributed by atoms with Crippen LogP contribution in [-0.2, 0) is 4.79 Å². The third-order valence-corrected chi connectivity index (χ3v) is 2.70. The second-order valence-corrected chi connectivity index (χ2v) is 4.62. The number of aryl methyl sites for hydroxylation is 1. The molecule has 1 unspecified atom stereocenters. The lowest BCUT2D eigenvalue weighted by atomic mass is 9.96. The molecule has 6 heteroatoms. The van der Waals surface area contributed by atoms with Gasteiger partial charge in [-0.3, -0.25) is 14.9 Å². The molecule has 100 valence electrons. The second-order valence-electron chi connectivity index (χ2n) is 4.62. The summed E-state index contributed by atoms with van der Waals surface area (Å²) in [6.07, 6.45) is 0. The van der Waals surface area contributed by atoms with E-state index < -0.39 is 16.7 Å². The Morgan fingerprint density at radius 2 is 2.11 bits per heavy atom. The highest BCUT2D eigenvalue weighted by molar-refractivity contribution is 5.96. The van der Waals surface area contributed by atoms with Crippen molar-refractivity contribution in [3.63, 3.8) is 0 Å². The average Bonchev–Trinajstić information content (AvgIpc) is 2.31. The first-order chi connectivity index (χ1) is 8.86. The molecule has 0 bridgehead atoms. The zero-order valence-corrected chi connectivity index (χ0v) is 11.0. The molecule has 0 aliphatic rings. The summed E-state index contributed by atoms with van der Waals surface area (Å²) >= 11 is 0. The van der Waals surface area contributed by atoms with Crippen molar-refractivity contribution in [2.75, 3.05) is 5.32 Å². The average molecular weight is 261 g/mol. The quantitative estimate of drug-likeness (QED) is 0.665. The largest absolute Gasteiger partial charge is 0.319 e. The summed E-state index contributed by atoms with van der Waals surface area (Å²) in [5, 5.41) is 22.3. The number of hydrogen-bond donors (Lipinski definition) is 1. The Balaban J connectivity index is 3.03. The van der Waals surface area contributed by atoms with Crippen LogP contribution >= 0.6 is 0 Å². The number of rotatable bonds is 4. The molecule has 0 fully saturated rings. The van der Waals surface area contributed by atoms with Crippen LogP contribution in [0.25, 0.3) is 0 Å². The van der Waals surface area contributed by atoms with Gasteiger partial charge in [-0.1, -0.05) is 19.9 Å². The SMILES string of the molecule is Cc1ccc(NC(=O)C(C#N)C(C)C)c([N+](=O)[O-])c1. The van der Waals surface area contributed by atoms with Gasteiger partial charge in [-0.05, 0) is 24.5 Å². The van der Waals surface area contributed by atoms with Crippen LogP contribution in [0.15, 0.2) is 18.2 Å². The molecule has 1 aromatic carbocycles. The van der Waals surface area contributed by atoms with Crippen LogP contribution in [0.5, 0.6) is 0 Å². The number of carbonyl (C=O) groups is 1. The van der Waals surface area contributed by atoms with E-state index in [4.69, 9.17) is 5.26 Å². The van der Waals surface area contributed by atoms with E-state index in [1.54, 1.807) is 26.8 Å². The number of anilines is 1. The van der Waals surface area contributed by atoms with E-state index in [0.29, 0.717) is 0 Å². The summed E-state index contributed by atoms with van der Waals surface area (Å²) in [5.74, 6) is -1.51. The lowest BCUT2D eigenvalue weighted by molar-refractivity contribution is -0.384. The van der Waals surface area contributed by atoms with Crippen LogP contribution < -0.4 is 5.32 Å². The van der Waals surface area contributed by atoms with E-state index in [9.17, 15) is 14.9 Å². The number of carbonyl (C=O) groups excluding carboxylic acids is 1. The topological polar surface area (TPSA) is 96.0 Å². The monoisotopic (exact) mass is 261 g/mol. The van der Waals surface area contributed by atoms with Gasteiger partial charge in [0, 0.05) is 6.07 Å². The van der Waals surface area contributed by atoms with Crippen LogP contribution in [-0.4, -0.2) is 10.8 Å². The summed E-state index contributed by atoms with van der Waals surface area (Å²) < 4.78 is 0. The van der Waals surface area contributed by atoms with E-state index in [0.717, 1.165) is 5.56 Å². The fourth-order valence-electron chi connectivity index (χ4n) is 1.62. The predicted molar refractivity (Wildman–Crippen MR) is 70.4 cm³/mol. The molecule has 1 rings (SSSR count). The van der Waals surface area contributed by atoms with Crippen molar-refractivity contribution in [2.45, 2.75) is 20.8 Å². The highest BCUT2D eigenvalue weighted by Crippen LogP contribution is 2.26. The van der Waals surface area contributed by atoms with Gasteiger partial charge in [0.1, 0.15) is 11.6 Å². The van der Waals surface area contributed by atoms with Crippen LogP contribution in [0.1, 0.15) is 19.4 Å². The Morgan fingerprint density at radius 1 is 1.47 bits per heavy atom. The van der Waals surface area contributed by atoms with Gasteiger partial charge >= 0.3 is 0 Å². The zero-order chi connectivity index (χ0) is 14.6. The number of hydrogen-bond acceptors (Lipinski definition) is 4. The molecule has 1 N–H and O–H groups in total. The Kier molecular flexibility index (Phi) is 4.59. The molecule has 0 saturated carbocycles. The zero-order valence-electron chi connectivity index (χ0n) is 11.0. The summed E-state index contributed by atoms with van der Waals surface area (Å²) in [5.41, 5.74) is 0.667. The number of nitrogens with one attached hydrogen (secondary N) is 1. The predicted octanol–water partition coefficient (Wildman–Crippen LogP) is 2.64. The normalized spacial score (nSPS) is 11.7. The van der Waals surface area contributed by atoms with E-state index in [1.807, 2.05) is 6.07 Å². The van der Waals surface area contributed by atoms with Gasteiger partial charge in [0.25, 0.3) is 5.69 Å².